The second-order valence-corrected chi connectivity index (χ2v) is 9.14. The number of nitrogen functional groups attached to an aromatic ring is 1. The van der Waals surface area contributed by atoms with Crippen LogP contribution in [0.1, 0.15) is 12.0 Å². The van der Waals surface area contributed by atoms with Gasteiger partial charge in [-0.05, 0) is 24.6 Å². The van der Waals surface area contributed by atoms with E-state index in [2.05, 4.69) is 0 Å². The molecule has 1 aromatic carbocycles. The summed E-state index contributed by atoms with van der Waals surface area (Å²) in [6.45, 7) is 0. The molecule has 0 spiro atoms. The average molecular weight is 329 g/mol. The average Bonchev–Trinajstić information content (AvgIpc) is 2.77. The van der Waals surface area contributed by atoms with E-state index in [4.69, 9.17) is 11.0 Å². The lowest BCUT2D eigenvalue weighted by Gasteiger charge is -2.23. The van der Waals surface area contributed by atoms with Gasteiger partial charge in [-0.25, -0.2) is 16.8 Å². The summed E-state index contributed by atoms with van der Waals surface area (Å²) in [7, 11) is -5.81. The van der Waals surface area contributed by atoms with Crippen molar-refractivity contribution in [2.45, 2.75) is 17.4 Å². The van der Waals surface area contributed by atoms with Crippen LogP contribution in [0.3, 0.4) is 0 Å². The van der Waals surface area contributed by atoms with Crippen LogP contribution in [-0.2, 0) is 19.9 Å². The lowest BCUT2D eigenvalue weighted by atomic mass is 10.2. The van der Waals surface area contributed by atoms with Crippen molar-refractivity contribution in [3.63, 3.8) is 0 Å². The van der Waals surface area contributed by atoms with Gasteiger partial charge in [0.05, 0.1) is 17.1 Å². The molecule has 1 saturated heterocycles. The number of anilines is 1. The van der Waals surface area contributed by atoms with Gasteiger partial charge < -0.3 is 5.73 Å². The Hall–Kier alpha value is -1.63. The molecule has 1 aliphatic rings. The van der Waals surface area contributed by atoms with Crippen LogP contribution in [0.5, 0.6) is 0 Å². The highest BCUT2D eigenvalue weighted by molar-refractivity contribution is 7.92. The number of hydrogen-bond donors (Lipinski definition) is 1. The molecule has 2 N–H and O–H groups in total. The van der Waals surface area contributed by atoms with Crippen molar-refractivity contribution in [3.8, 4) is 6.07 Å². The molecule has 2 rings (SSSR count). The summed E-state index contributed by atoms with van der Waals surface area (Å²) in [5, 5.41) is 9.05. The van der Waals surface area contributed by atoms with E-state index in [-0.39, 0.29) is 34.1 Å². The van der Waals surface area contributed by atoms with Crippen molar-refractivity contribution in [1.82, 2.24) is 4.31 Å². The first kappa shape index (κ1) is 15.8. The second kappa shape index (κ2) is 5.29. The van der Waals surface area contributed by atoms with Gasteiger partial charge in [-0.15, -0.1) is 0 Å². The van der Waals surface area contributed by atoms with Gasteiger partial charge in [0.1, 0.15) is 11.0 Å². The SMILES string of the molecule is CN(C1CCS(=O)(=O)C1)S(=O)(=O)c1ccc(N)cc1C#N. The first-order chi connectivity index (χ1) is 9.67. The van der Waals surface area contributed by atoms with Crippen LogP contribution in [0.2, 0.25) is 0 Å². The van der Waals surface area contributed by atoms with E-state index in [9.17, 15) is 16.8 Å². The molecular weight excluding hydrogens is 314 g/mol. The van der Waals surface area contributed by atoms with Gasteiger partial charge in [-0.2, -0.15) is 9.57 Å². The van der Waals surface area contributed by atoms with Gasteiger partial charge in [-0.1, -0.05) is 0 Å². The summed E-state index contributed by atoms with van der Waals surface area (Å²) in [5.74, 6) is -0.218. The molecule has 0 amide bonds. The number of nitrogens with two attached hydrogens (primary N) is 1. The molecule has 1 aliphatic heterocycles. The molecule has 1 unspecified atom stereocenters. The van der Waals surface area contributed by atoms with Crippen molar-refractivity contribution >= 4 is 25.5 Å². The fourth-order valence-corrected chi connectivity index (χ4v) is 5.65. The largest absolute Gasteiger partial charge is 0.399 e. The van der Waals surface area contributed by atoms with Gasteiger partial charge in [0, 0.05) is 18.8 Å². The molecule has 114 valence electrons. The van der Waals surface area contributed by atoms with Crippen molar-refractivity contribution in [2.75, 3.05) is 24.3 Å². The third-order valence-electron chi connectivity index (χ3n) is 3.50. The van der Waals surface area contributed by atoms with Crippen LogP contribution in [0.4, 0.5) is 5.69 Å². The zero-order valence-corrected chi connectivity index (χ0v) is 13.0. The predicted molar refractivity (Wildman–Crippen MR) is 77.6 cm³/mol. The minimum atomic E-state index is -3.94. The molecule has 0 bridgehead atoms. The van der Waals surface area contributed by atoms with E-state index < -0.39 is 25.9 Å². The minimum Gasteiger partial charge on any atom is -0.399 e. The summed E-state index contributed by atoms with van der Waals surface area (Å²) >= 11 is 0. The van der Waals surface area contributed by atoms with Gasteiger partial charge >= 0.3 is 0 Å². The van der Waals surface area contributed by atoms with E-state index in [1.807, 2.05) is 0 Å². The number of nitrogens with zero attached hydrogens (tertiary/aromatic N) is 2. The number of nitriles is 1. The number of benzene rings is 1. The van der Waals surface area contributed by atoms with E-state index in [1.54, 1.807) is 6.07 Å². The van der Waals surface area contributed by atoms with E-state index in [0.717, 1.165) is 4.31 Å². The number of rotatable bonds is 3. The predicted octanol–water partition coefficient (Wildman–Crippen LogP) is -0.0519. The molecule has 0 aromatic heterocycles. The van der Waals surface area contributed by atoms with Crippen molar-refractivity contribution < 1.29 is 16.8 Å². The van der Waals surface area contributed by atoms with E-state index in [1.165, 1.54) is 25.2 Å². The molecule has 9 heteroatoms. The Bertz CT molecular complexity index is 809. The third kappa shape index (κ3) is 3.02. The first-order valence-corrected chi connectivity index (χ1v) is 9.41. The number of hydrogen-bond acceptors (Lipinski definition) is 6. The lowest BCUT2D eigenvalue weighted by Crippen LogP contribution is -2.38. The topological polar surface area (TPSA) is 121 Å². The Labute approximate surface area is 123 Å². The Morgan fingerprint density at radius 1 is 1.43 bits per heavy atom. The second-order valence-electron chi connectivity index (χ2n) is 4.95. The maximum absolute atomic E-state index is 12.6. The van der Waals surface area contributed by atoms with Gasteiger partial charge in [0.2, 0.25) is 10.0 Å². The standard InChI is InChI=1S/C12H15N3O4S2/c1-15(11-4-5-20(16,17)8-11)21(18,19)12-3-2-10(14)6-9(12)7-13/h2-3,6,11H,4-5,8,14H2,1H3. The number of sulfonamides is 1. The smallest absolute Gasteiger partial charge is 0.244 e. The highest BCUT2D eigenvalue weighted by atomic mass is 32.2. The molecule has 21 heavy (non-hydrogen) atoms. The Morgan fingerprint density at radius 3 is 2.62 bits per heavy atom. The molecule has 0 aliphatic carbocycles. The summed E-state index contributed by atoms with van der Waals surface area (Å²) < 4.78 is 49.1. The fraction of sp³-hybridized carbons (Fsp3) is 0.417. The van der Waals surface area contributed by atoms with Crippen LogP contribution >= 0.6 is 0 Å². The monoisotopic (exact) mass is 329 g/mol. The van der Waals surface area contributed by atoms with Crippen LogP contribution in [0.15, 0.2) is 23.1 Å². The molecule has 7 nitrogen and oxygen atoms in total. The van der Waals surface area contributed by atoms with E-state index in [0.29, 0.717) is 0 Å². The lowest BCUT2D eigenvalue weighted by molar-refractivity contribution is 0.394. The number of sulfone groups is 1. The molecule has 1 atom stereocenters. The Balaban J connectivity index is 2.41. The first-order valence-electron chi connectivity index (χ1n) is 6.15. The van der Waals surface area contributed by atoms with Gasteiger partial charge in [-0.3, -0.25) is 0 Å². The Kier molecular flexibility index (Phi) is 3.97. The zero-order valence-electron chi connectivity index (χ0n) is 11.4. The fourth-order valence-electron chi connectivity index (χ4n) is 2.27. The summed E-state index contributed by atoms with van der Waals surface area (Å²) in [6.07, 6.45) is 0.259. The molecule has 0 saturated carbocycles. The molecule has 1 heterocycles. The van der Waals surface area contributed by atoms with Gasteiger partial charge in [0.15, 0.2) is 9.84 Å². The highest BCUT2D eigenvalue weighted by Gasteiger charge is 2.37. The van der Waals surface area contributed by atoms with Crippen molar-refractivity contribution in [1.29, 1.82) is 5.26 Å². The van der Waals surface area contributed by atoms with Crippen LogP contribution in [0, 0.1) is 11.3 Å². The zero-order chi connectivity index (χ0) is 15.8. The molecule has 0 radical (unpaired) electrons. The van der Waals surface area contributed by atoms with Crippen LogP contribution in [0.25, 0.3) is 0 Å². The third-order valence-corrected chi connectivity index (χ3v) is 7.22. The Morgan fingerprint density at radius 2 is 2.10 bits per heavy atom. The molecule has 1 fully saturated rings. The maximum Gasteiger partial charge on any atom is 0.244 e. The summed E-state index contributed by atoms with van der Waals surface area (Å²) in [5.41, 5.74) is 5.78. The van der Waals surface area contributed by atoms with Gasteiger partial charge in [0.25, 0.3) is 0 Å². The maximum atomic E-state index is 12.6. The van der Waals surface area contributed by atoms with Crippen molar-refractivity contribution in [2.24, 2.45) is 0 Å². The van der Waals surface area contributed by atoms with Crippen LogP contribution < -0.4 is 5.73 Å². The highest BCUT2D eigenvalue weighted by Crippen LogP contribution is 2.26. The van der Waals surface area contributed by atoms with E-state index >= 15 is 0 Å². The van der Waals surface area contributed by atoms with Crippen LogP contribution in [-0.4, -0.2) is 45.7 Å². The summed E-state index contributed by atoms with van der Waals surface area (Å²) in [4.78, 5) is -0.161. The van der Waals surface area contributed by atoms with Crippen molar-refractivity contribution in [3.05, 3.63) is 23.8 Å². The molecule has 1 aromatic rings. The minimum absolute atomic E-state index is 0.0234. The quantitative estimate of drug-likeness (QED) is 0.776. The summed E-state index contributed by atoms with van der Waals surface area (Å²) in [6, 6.07) is 5.14. The molecular formula is C12H15N3O4S2. The normalized spacial score (nSPS) is 21.3.